The fourth-order valence-electron chi connectivity index (χ4n) is 4.05. The summed E-state index contributed by atoms with van der Waals surface area (Å²) in [6.45, 7) is 2.24. The van der Waals surface area contributed by atoms with E-state index in [2.05, 4.69) is 24.4 Å². The molecular weight excluding hydrogens is 246 g/mol. The third-order valence-electron chi connectivity index (χ3n) is 4.93. The van der Waals surface area contributed by atoms with Gasteiger partial charge in [0.05, 0.1) is 11.5 Å². The predicted molar refractivity (Wildman–Crippen MR) is 73.1 cm³/mol. The van der Waals surface area contributed by atoms with Crippen LogP contribution in [0.5, 0.6) is 0 Å². The van der Waals surface area contributed by atoms with E-state index in [-0.39, 0.29) is 6.04 Å². The summed E-state index contributed by atoms with van der Waals surface area (Å²) in [4.78, 5) is 0. The Labute approximate surface area is 110 Å². The molecule has 2 bridgehead atoms. The van der Waals surface area contributed by atoms with Gasteiger partial charge in [0.1, 0.15) is 0 Å². The van der Waals surface area contributed by atoms with Crippen molar-refractivity contribution in [3.8, 4) is 0 Å². The minimum absolute atomic E-state index is 0.182. The molecule has 1 saturated heterocycles. The fraction of sp³-hybridized carbons (Fsp3) is 0.857. The molecule has 0 aromatic carbocycles. The molecule has 0 radical (unpaired) electrons. The summed E-state index contributed by atoms with van der Waals surface area (Å²) < 4.78 is 23.3. The standard InChI is InChI=1S/C14H23NO2S/c1-10(14-8-11-4-5-12(14)7-11)15-13-3-2-6-18(16,17)9-13/h4-5,10-15H,2-3,6-9H2,1H3. The lowest BCUT2D eigenvalue weighted by Gasteiger charge is -2.32. The monoisotopic (exact) mass is 269 g/mol. The third-order valence-corrected chi connectivity index (χ3v) is 6.76. The second-order valence-electron chi connectivity index (χ2n) is 6.35. The van der Waals surface area contributed by atoms with Crippen molar-refractivity contribution >= 4 is 9.84 Å². The molecule has 0 amide bonds. The maximum Gasteiger partial charge on any atom is 0.151 e. The van der Waals surface area contributed by atoms with Gasteiger partial charge < -0.3 is 5.32 Å². The van der Waals surface area contributed by atoms with Crippen molar-refractivity contribution in [3.63, 3.8) is 0 Å². The molecule has 1 N–H and O–H groups in total. The Bertz CT molecular complexity index is 443. The molecule has 0 aromatic heterocycles. The van der Waals surface area contributed by atoms with Crippen molar-refractivity contribution < 1.29 is 8.42 Å². The number of sulfone groups is 1. The van der Waals surface area contributed by atoms with Gasteiger partial charge in [-0.15, -0.1) is 0 Å². The molecule has 5 atom stereocenters. The van der Waals surface area contributed by atoms with Crippen LogP contribution in [0.15, 0.2) is 12.2 Å². The molecule has 5 unspecified atom stereocenters. The SMILES string of the molecule is CC(NC1CCCS(=O)(=O)C1)C1CC2C=CC1C2. The first kappa shape index (κ1) is 12.7. The molecule has 1 saturated carbocycles. The first-order chi connectivity index (χ1) is 8.53. The van der Waals surface area contributed by atoms with Crippen molar-refractivity contribution in [3.05, 3.63) is 12.2 Å². The van der Waals surface area contributed by atoms with E-state index in [9.17, 15) is 8.42 Å². The van der Waals surface area contributed by atoms with Crippen LogP contribution in [0.3, 0.4) is 0 Å². The van der Waals surface area contributed by atoms with Crippen LogP contribution in [0.4, 0.5) is 0 Å². The van der Waals surface area contributed by atoms with Crippen molar-refractivity contribution in [2.24, 2.45) is 17.8 Å². The van der Waals surface area contributed by atoms with Gasteiger partial charge in [0, 0.05) is 12.1 Å². The van der Waals surface area contributed by atoms with E-state index in [0.29, 0.717) is 23.5 Å². The molecule has 3 nitrogen and oxygen atoms in total. The molecule has 1 heterocycles. The van der Waals surface area contributed by atoms with Crippen LogP contribution in [0.25, 0.3) is 0 Å². The van der Waals surface area contributed by atoms with Crippen LogP contribution in [0.2, 0.25) is 0 Å². The molecule has 0 aromatic rings. The average Bonchev–Trinajstić information content (AvgIpc) is 2.89. The van der Waals surface area contributed by atoms with Gasteiger partial charge in [0.2, 0.25) is 0 Å². The van der Waals surface area contributed by atoms with Gasteiger partial charge in [0.15, 0.2) is 9.84 Å². The van der Waals surface area contributed by atoms with Crippen molar-refractivity contribution in [2.45, 2.75) is 44.7 Å². The first-order valence-electron chi connectivity index (χ1n) is 7.18. The van der Waals surface area contributed by atoms with Crippen LogP contribution in [0.1, 0.15) is 32.6 Å². The Kier molecular flexibility index (Phi) is 3.27. The zero-order valence-electron chi connectivity index (χ0n) is 11.0. The Balaban J connectivity index is 1.58. The summed E-state index contributed by atoms with van der Waals surface area (Å²) in [5.41, 5.74) is 0. The quantitative estimate of drug-likeness (QED) is 0.794. The topological polar surface area (TPSA) is 46.2 Å². The van der Waals surface area contributed by atoms with Gasteiger partial charge in [-0.2, -0.15) is 0 Å². The predicted octanol–water partition coefficient (Wildman–Crippen LogP) is 1.75. The van der Waals surface area contributed by atoms with Gasteiger partial charge in [-0.05, 0) is 50.4 Å². The van der Waals surface area contributed by atoms with E-state index < -0.39 is 9.84 Å². The minimum Gasteiger partial charge on any atom is -0.310 e. The van der Waals surface area contributed by atoms with Gasteiger partial charge in [-0.1, -0.05) is 12.2 Å². The normalized spacial score (nSPS) is 43.2. The lowest BCUT2D eigenvalue weighted by Crippen LogP contribution is -2.47. The smallest absolute Gasteiger partial charge is 0.151 e. The maximum atomic E-state index is 11.6. The van der Waals surface area contributed by atoms with E-state index in [4.69, 9.17) is 0 Å². The Morgan fingerprint density at radius 1 is 1.28 bits per heavy atom. The van der Waals surface area contributed by atoms with Crippen LogP contribution >= 0.6 is 0 Å². The third kappa shape index (κ3) is 2.50. The summed E-state index contributed by atoms with van der Waals surface area (Å²) >= 11 is 0. The molecule has 0 spiro atoms. The van der Waals surface area contributed by atoms with Crippen molar-refractivity contribution in [2.75, 3.05) is 11.5 Å². The van der Waals surface area contributed by atoms with Crippen molar-refractivity contribution in [1.82, 2.24) is 5.32 Å². The second-order valence-corrected chi connectivity index (χ2v) is 8.58. The van der Waals surface area contributed by atoms with E-state index >= 15 is 0 Å². The fourth-order valence-corrected chi connectivity index (χ4v) is 5.70. The summed E-state index contributed by atoms with van der Waals surface area (Å²) in [6.07, 6.45) is 9.17. The average molecular weight is 269 g/mol. The Morgan fingerprint density at radius 3 is 2.72 bits per heavy atom. The summed E-state index contributed by atoms with van der Waals surface area (Å²) in [6, 6.07) is 0.630. The number of fused-ring (bicyclic) bond motifs is 2. The van der Waals surface area contributed by atoms with Gasteiger partial charge in [0.25, 0.3) is 0 Å². The van der Waals surface area contributed by atoms with E-state index in [1.807, 2.05) is 0 Å². The van der Waals surface area contributed by atoms with Crippen LogP contribution in [-0.4, -0.2) is 32.0 Å². The molecule has 102 valence electrons. The highest BCUT2D eigenvalue weighted by atomic mass is 32.2. The Morgan fingerprint density at radius 2 is 2.11 bits per heavy atom. The zero-order chi connectivity index (χ0) is 12.8. The van der Waals surface area contributed by atoms with Gasteiger partial charge >= 0.3 is 0 Å². The number of hydrogen-bond donors (Lipinski definition) is 1. The number of rotatable bonds is 3. The highest BCUT2D eigenvalue weighted by Gasteiger charge is 2.39. The molecule has 3 aliphatic rings. The summed E-state index contributed by atoms with van der Waals surface area (Å²) in [5.74, 6) is 2.96. The van der Waals surface area contributed by atoms with Crippen LogP contribution in [-0.2, 0) is 9.84 Å². The first-order valence-corrected chi connectivity index (χ1v) is 9.00. The highest BCUT2D eigenvalue weighted by molar-refractivity contribution is 7.91. The highest BCUT2D eigenvalue weighted by Crippen LogP contribution is 2.44. The van der Waals surface area contributed by atoms with Gasteiger partial charge in [-0.3, -0.25) is 0 Å². The lowest BCUT2D eigenvalue weighted by atomic mass is 9.87. The van der Waals surface area contributed by atoms with E-state index in [0.717, 1.165) is 24.7 Å². The van der Waals surface area contributed by atoms with Gasteiger partial charge in [-0.25, -0.2) is 8.42 Å². The van der Waals surface area contributed by atoms with Crippen LogP contribution in [0, 0.1) is 17.8 Å². The minimum atomic E-state index is -2.79. The Hall–Kier alpha value is -0.350. The molecule has 1 aliphatic heterocycles. The lowest BCUT2D eigenvalue weighted by molar-refractivity contribution is 0.298. The zero-order valence-corrected chi connectivity index (χ0v) is 11.8. The number of nitrogens with one attached hydrogen (secondary N) is 1. The largest absolute Gasteiger partial charge is 0.310 e. The van der Waals surface area contributed by atoms with Crippen molar-refractivity contribution in [1.29, 1.82) is 0 Å². The molecule has 2 aliphatic carbocycles. The molecule has 4 heteroatoms. The summed E-state index contributed by atoms with van der Waals surface area (Å²) in [5, 5.41) is 3.59. The molecule has 18 heavy (non-hydrogen) atoms. The number of allylic oxidation sites excluding steroid dienone is 2. The molecule has 3 rings (SSSR count). The second kappa shape index (κ2) is 4.64. The summed E-state index contributed by atoms with van der Waals surface area (Å²) in [7, 11) is -2.79. The number of hydrogen-bond acceptors (Lipinski definition) is 3. The van der Waals surface area contributed by atoms with E-state index in [1.54, 1.807) is 0 Å². The molecular formula is C14H23NO2S. The molecule has 2 fully saturated rings. The van der Waals surface area contributed by atoms with Crippen LogP contribution < -0.4 is 5.32 Å². The maximum absolute atomic E-state index is 11.6. The van der Waals surface area contributed by atoms with E-state index in [1.165, 1.54) is 12.8 Å².